The predicted octanol–water partition coefficient (Wildman–Crippen LogP) is 3.58. The molecule has 0 radical (unpaired) electrons. The van der Waals surface area contributed by atoms with Gasteiger partial charge < -0.3 is 10.2 Å². The number of nitrogens with one attached hydrogen (secondary N) is 1. The number of aromatic nitrogens is 3. The third kappa shape index (κ3) is 5.31. The highest BCUT2D eigenvalue weighted by Gasteiger charge is 2.37. The maximum absolute atomic E-state index is 13.3. The molecule has 6 nitrogen and oxygen atoms in total. The van der Waals surface area contributed by atoms with Crippen molar-refractivity contribution in [1.29, 1.82) is 0 Å². The van der Waals surface area contributed by atoms with Crippen LogP contribution in [-0.4, -0.2) is 40.3 Å². The maximum Gasteiger partial charge on any atom is 0.419 e. The zero-order valence-electron chi connectivity index (χ0n) is 17.5. The minimum Gasteiger partial charge on any atom is -0.355 e. The van der Waals surface area contributed by atoms with Crippen molar-refractivity contribution in [2.45, 2.75) is 46.3 Å². The zero-order chi connectivity index (χ0) is 21.9. The van der Waals surface area contributed by atoms with Crippen LogP contribution in [-0.2, 0) is 17.5 Å². The van der Waals surface area contributed by atoms with E-state index in [0.29, 0.717) is 32.5 Å². The Balaban J connectivity index is 1.58. The Bertz CT molecular complexity index is 880. The second kappa shape index (κ2) is 9.06. The number of rotatable bonds is 6. The summed E-state index contributed by atoms with van der Waals surface area (Å²) < 4.78 is 41.9. The number of carbonyl (C=O) groups excluding carboxylic acids is 1. The van der Waals surface area contributed by atoms with E-state index >= 15 is 0 Å². The number of piperidine rings is 1. The molecule has 0 saturated carbocycles. The monoisotopic (exact) mass is 423 g/mol. The first-order valence-electron chi connectivity index (χ1n) is 10.2. The van der Waals surface area contributed by atoms with Crippen molar-refractivity contribution >= 4 is 11.7 Å². The summed E-state index contributed by atoms with van der Waals surface area (Å²) in [6.07, 6.45) is -1.82. The SMILES string of the molecule is Cc1cc(C)n(CC(C)CNC(=O)C2CCCN(c3ncccc3C(F)(F)F)C2)n1. The molecule has 1 amide bonds. The molecule has 1 fully saturated rings. The summed E-state index contributed by atoms with van der Waals surface area (Å²) in [6, 6.07) is 4.33. The number of hydrogen-bond donors (Lipinski definition) is 1. The van der Waals surface area contributed by atoms with E-state index < -0.39 is 11.7 Å². The van der Waals surface area contributed by atoms with Gasteiger partial charge in [-0.05, 0) is 50.8 Å². The van der Waals surface area contributed by atoms with Crippen LogP contribution in [0.1, 0.15) is 36.7 Å². The molecule has 9 heteroatoms. The fourth-order valence-corrected chi connectivity index (χ4v) is 3.89. The largest absolute Gasteiger partial charge is 0.419 e. The molecule has 2 atom stereocenters. The predicted molar refractivity (Wildman–Crippen MR) is 108 cm³/mol. The summed E-state index contributed by atoms with van der Waals surface area (Å²) >= 11 is 0. The van der Waals surface area contributed by atoms with Crippen molar-refractivity contribution in [3.63, 3.8) is 0 Å². The van der Waals surface area contributed by atoms with E-state index in [0.717, 1.165) is 17.5 Å². The molecule has 164 valence electrons. The lowest BCUT2D eigenvalue weighted by Gasteiger charge is -2.34. The van der Waals surface area contributed by atoms with E-state index in [-0.39, 0.29) is 30.1 Å². The molecule has 1 N–H and O–H groups in total. The van der Waals surface area contributed by atoms with Gasteiger partial charge in [-0.15, -0.1) is 0 Å². The molecule has 0 spiro atoms. The number of amides is 1. The average Bonchev–Trinajstić information content (AvgIpc) is 3.02. The highest BCUT2D eigenvalue weighted by molar-refractivity contribution is 5.79. The summed E-state index contributed by atoms with van der Waals surface area (Å²) in [6.45, 7) is 7.85. The second-order valence-electron chi connectivity index (χ2n) is 8.12. The van der Waals surface area contributed by atoms with Crippen molar-refractivity contribution in [3.05, 3.63) is 41.3 Å². The van der Waals surface area contributed by atoms with E-state index in [1.54, 1.807) is 4.90 Å². The van der Waals surface area contributed by atoms with Gasteiger partial charge in [0.1, 0.15) is 5.82 Å². The van der Waals surface area contributed by atoms with Gasteiger partial charge in [0.2, 0.25) is 5.91 Å². The first-order valence-corrected chi connectivity index (χ1v) is 10.2. The Labute approximate surface area is 174 Å². The minimum absolute atomic E-state index is 0.0969. The van der Waals surface area contributed by atoms with Crippen molar-refractivity contribution in [3.8, 4) is 0 Å². The molecule has 2 unspecified atom stereocenters. The minimum atomic E-state index is -4.47. The van der Waals surface area contributed by atoms with Crippen molar-refractivity contribution in [1.82, 2.24) is 20.1 Å². The standard InChI is InChI=1S/C21H28F3N5O/c1-14(12-29-16(3)10-15(2)27-29)11-26-20(30)17-6-5-9-28(13-17)19-18(21(22,23)24)7-4-8-25-19/h4,7-8,10,14,17H,5-6,9,11-13H2,1-3H3,(H,26,30). The number of hydrogen-bond acceptors (Lipinski definition) is 4. The lowest BCUT2D eigenvalue weighted by Crippen LogP contribution is -2.45. The first kappa shape index (κ1) is 22.1. The number of anilines is 1. The molecule has 3 rings (SSSR count). The van der Waals surface area contributed by atoms with Gasteiger partial charge in [0.15, 0.2) is 0 Å². The fraction of sp³-hybridized carbons (Fsp3) is 0.571. The van der Waals surface area contributed by atoms with Crippen LogP contribution < -0.4 is 10.2 Å². The Hall–Kier alpha value is -2.58. The van der Waals surface area contributed by atoms with Crippen molar-refractivity contribution < 1.29 is 18.0 Å². The number of nitrogens with zero attached hydrogens (tertiary/aromatic N) is 4. The van der Waals surface area contributed by atoms with Crippen LogP contribution in [0.3, 0.4) is 0 Å². The molecule has 1 aliphatic heterocycles. The Morgan fingerprint density at radius 3 is 2.80 bits per heavy atom. The number of carbonyl (C=O) groups is 1. The summed E-state index contributed by atoms with van der Waals surface area (Å²) in [7, 11) is 0. The Morgan fingerprint density at radius 2 is 2.13 bits per heavy atom. The highest BCUT2D eigenvalue weighted by atomic mass is 19.4. The summed E-state index contributed by atoms with van der Waals surface area (Å²) in [5.41, 5.74) is 1.27. The van der Waals surface area contributed by atoms with Gasteiger partial charge in [-0.3, -0.25) is 9.48 Å². The number of aryl methyl sites for hydroxylation is 2. The number of pyridine rings is 1. The number of alkyl halides is 3. The molecular formula is C21H28F3N5O. The molecule has 30 heavy (non-hydrogen) atoms. The van der Waals surface area contributed by atoms with Crippen LogP contribution in [0.25, 0.3) is 0 Å². The molecule has 2 aromatic rings. The van der Waals surface area contributed by atoms with E-state index in [1.807, 2.05) is 31.5 Å². The normalized spacial score (nSPS) is 18.3. The highest BCUT2D eigenvalue weighted by Crippen LogP contribution is 2.36. The molecule has 3 heterocycles. The Kier molecular flexibility index (Phi) is 6.67. The van der Waals surface area contributed by atoms with Crippen molar-refractivity contribution in [2.75, 3.05) is 24.5 Å². The maximum atomic E-state index is 13.3. The summed E-state index contributed by atoms with van der Waals surface area (Å²) in [5.74, 6) is -0.396. The Morgan fingerprint density at radius 1 is 1.37 bits per heavy atom. The molecule has 0 aliphatic carbocycles. The smallest absolute Gasteiger partial charge is 0.355 e. The summed E-state index contributed by atoms with van der Waals surface area (Å²) in [5, 5.41) is 7.40. The van der Waals surface area contributed by atoms with E-state index in [9.17, 15) is 18.0 Å². The quantitative estimate of drug-likeness (QED) is 0.772. The van der Waals surface area contributed by atoms with Gasteiger partial charge in [0.05, 0.1) is 17.2 Å². The summed E-state index contributed by atoms with van der Waals surface area (Å²) in [4.78, 5) is 18.2. The van der Waals surface area contributed by atoms with E-state index in [1.165, 1.54) is 12.3 Å². The van der Waals surface area contributed by atoms with Gasteiger partial charge in [-0.1, -0.05) is 6.92 Å². The van der Waals surface area contributed by atoms with Crippen molar-refractivity contribution in [2.24, 2.45) is 11.8 Å². The zero-order valence-corrected chi connectivity index (χ0v) is 17.5. The lowest BCUT2D eigenvalue weighted by atomic mass is 9.96. The van der Waals surface area contributed by atoms with E-state index in [4.69, 9.17) is 0 Å². The van der Waals surface area contributed by atoms with Gasteiger partial charge in [-0.25, -0.2) is 4.98 Å². The fourth-order valence-electron chi connectivity index (χ4n) is 3.89. The van der Waals surface area contributed by atoms with Gasteiger partial charge >= 0.3 is 6.18 Å². The van der Waals surface area contributed by atoms with Crippen LogP contribution in [0, 0.1) is 25.7 Å². The second-order valence-corrected chi connectivity index (χ2v) is 8.12. The third-order valence-electron chi connectivity index (χ3n) is 5.40. The molecule has 0 aromatic carbocycles. The molecule has 1 aliphatic rings. The van der Waals surface area contributed by atoms with Crippen LogP contribution >= 0.6 is 0 Å². The van der Waals surface area contributed by atoms with E-state index in [2.05, 4.69) is 15.4 Å². The topological polar surface area (TPSA) is 63.1 Å². The molecule has 2 aromatic heterocycles. The molecule has 0 bridgehead atoms. The van der Waals surface area contributed by atoms with Crippen LogP contribution in [0.15, 0.2) is 24.4 Å². The van der Waals surface area contributed by atoms with Crippen LogP contribution in [0.4, 0.5) is 19.0 Å². The average molecular weight is 423 g/mol. The first-order chi connectivity index (χ1) is 14.1. The lowest BCUT2D eigenvalue weighted by molar-refractivity contribution is -0.137. The number of halogens is 3. The van der Waals surface area contributed by atoms with Crippen LogP contribution in [0.5, 0.6) is 0 Å². The van der Waals surface area contributed by atoms with Gasteiger partial charge in [0, 0.05) is 38.1 Å². The van der Waals surface area contributed by atoms with Gasteiger partial charge in [0.25, 0.3) is 0 Å². The molecule has 1 saturated heterocycles. The molecular weight excluding hydrogens is 395 g/mol. The van der Waals surface area contributed by atoms with Gasteiger partial charge in [-0.2, -0.15) is 18.3 Å². The third-order valence-corrected chi connectivity index (χ3v) is 5.40. The van der Waals surface area contributed by atoms with Crippen LogP contribution in [0.2, 0.25) is 0 Å².